The van der Waals surface area contributed by atoms with Gasteiger partial charge in [0.2, 0.25) is 0 Å². The van der Waals surface area contributed by atoms with E-state index in [1.165, 1.54) is 15.9 Å². The summed E-state index contributed by atoms with van der Waals surface area (Å²) in [5.41, 5.74) is 3.11. The maximum Gasteiger partial charge on any atom is 0.490 e. The Morgan fingerprint density at radius 3 is 2.56 bits per heavy atom. The first-order valence-electron chi connectivity index (χ1n) is 13.8. The molecule has 2 amide bonds. The molecular formula is C28H30F3N7O4S. The van der Waals surface area contributed by atoms with E-state index in [-0.39, 0.29) is 6.04 Å². The Morgan fingerprint density at radius 1 is 1.09 bits per heavy atom. The van der Waals surface area contributed by atoms with Crippen LogP contribution in [0.5, 0.6) is 0 Å². The summed E-state index contributed by atoms with van der Waals surface area (Å²) in [6.45, 7) is 4.74. The lowest BCUT2D eigenvalue weighted by molar-refractivity contribution is -0.192. The van der Waals surface area contributed by atoms with Crippen molar-refractivity contribution in [3.63, 3.8) is 0 Å². The van der Waals surface area contributed by atoms with Crippen LogP contribution in [0.1, 0.15) is 55.1 Å². The maximum atomic E-state index is 13.4. The van der Waals surface area contributed by atoms with Crippen molar-refractivity contribution in [2.45, 2.75) is 50.7 Å². The number of hydrogen-bond donors (Lipinski definition) is 4. The molecule has 2 saturated heterocycles. The molecule has 6 rings (SSSR count). The Labute approximate surface area is 247 Å². The Hall–Kier alpha value is -4.11. The Kier molecular flexibility index (Phi) is 8.92. The van der Waals surface area contributed by atoms with Gasteiger partial charge in [0, 0.05) is 24.0 Å². The van der Waals surface area contributed by atoms with Crippen LogP contribution in [-0.4, -0.2) is 73.8 Å². The van der Waals surface area contributed by atoms with Gasteiger partial charge in [-0.1, -0.05) is 13.0 Å². The predicted octanol–water partition coefficient (Wildman–Crippen LogP) is 4.61. The zero-order valence-corrected chi connectivity index (χ0v) is 24.0. The zero-order chi connectivity index (χ0) is 30.7. The average molecular weight is 618 g/mol. The number of benzene rings is 1. The van der Waals surface area contributed by atoms with Crippen molar-refractivity contribution in [1.82, 2.24) is 30.4 Å². The number of rotatable bonds is 3. The molecule has 15 heteroatoms. The number of piperidine rings is 2. The number of aliphatic carboxylic acids is 1. The van der Waals surface area contributed by atoms with Gasteiger partial charge in [0.1, 0.15) is 0 Å². The number of carboxylic acid groups (broad SMARTS) is 1. The lowest BCUT2D eigenvalue weighted by atomic mass is 9.89. The van der Waals surface area contributed by atoms with Crippen molar-refractivity contribution in [1.29, 1.82) is 0 Å². The molecule has 4 N–H and O–H groups in total. The lowest BCUT2D eigenvalue weighted by Crippen LogP contribution is -2.46. The van der Waals surface area contributed by atoms with Crippen molar-refractivity contribution < 1.29 is 32.7 Å². The minimum Gasteiger partial charge on any atom is -0.475 e. The number of hydrogen-bond acceptors (Lipinski definition) is 8. The molecule has 43 heavy (non-hydrogen) atoms. The first-order valence-corrected chi connectivity index (χ1v) is 14.6. The van der Waals surface area contributed by atoms with E-state index in [0.29, 0.717) is 29.6 Å². The topological polar surface area (TPSA) is 153 Å². The second kappa shape index (κ2) is 12.6. The normalized spacial score (nSPS) is 19.6. The molecule has 228 valence electrons. The van der Waals surface area contributed by atoms with Gasteiger partial charge in [-0.25, -0.2) is 9.78 Å². The number of H-pyrrole nitrogens is 1. The molecule has 0 saturated carbocycles. The standard InChI is InChI=1S/C26H29N7O2S.C2HF3O2/c1-15-2-4-21(17-3-5-22-19(10-17)31-25(36-22)16-6-8-27-9-7-16)33(14-15)26(35)24(34)30-20-13-28-11-18-12-29-32-23(18)20;3-2(4,5)1(6)7/h3,5,10-13,15-16,21,27H,2,4,6-9,14H2,1H3,(H,29,32)(H,30,34);(H,6,7)/t15-,21+;/m0./s1. The number of thiazole rings is 1. The number of fused-ring (bicyclic) bond motifs is 2. The van der Waals surface area contributed by atoms with Crippen LogP contribution in [0.25, 0.3) is 21.1 Å². The number of anilines is 1. The summed E-state index contributed by atoms with van der Waals surface area (Å²) in [4.78, 5) is 46.2. The van der Waals surface area contributed by atoms with Crippen LogP contribution < -0.4 is 10.6 Å². The first kappa shape index (κ1) is 30.4. The van der Waals surface area contributed by atoms with Crippen LogP contribution in [0.2, 0.25) is 0 Å². The molecule has 0 radical (unpaired) electrons. The van der Waals surface area contributed by atoms with Crippen LogP contribution in [-0.2, 0) is 14.4 Å². The van der Waals surface area contributed by atoms with Crippen molar-refractivity contribution in [2.75, 3.05) is 25.0 Å². The number of nitrogens with one attached hydrogen (secondary N) is 3. The summed E-state index contributed by atoms with van der Waals surface area (Å²) in [6, 6.07) is 6.18. The highest BCUT2D eigenvalue weighted by atomic mass is 32.1. The minimum atomic E-state index is -5.08. The number of carbonyl (C=O) groups excluding carboxylic acids is 2. The van der Waals surface area contributed by atoms with Crippen molar-refractivity contribution in [2.24, 2.45) is 5.92 Å². The summed E-state index contributed by atoms with van der Waals surface area (Å²) in [5.74, 6) is -3.12. The number of carbonyl (C=O) groups is 3. The highest BCUT2D eigenvalue weighted by molar-refractivity contribution is 7.18. The minimum absolute atomic E-state index is 0.158. The SMILES string of the molecule is C[C@H]1CC[C@H](c2ccc3sc(C4CCNCC4)nc3c2)N(C(=O)C(=O)Nc2cncc3cn[nH]c23)C1.O=C(O)C(F)(F)F. The fraction of sp³-hybridized carbons (Fsp3) is 0.429. The van der Waals surface area contributed by atoms with E-state index in [4.69, 9.17) is 14.9 Å². The number of likely N-dealkylation sites (tertiary alicyclic amines) is 1. The summed E-state index contributed by atoms with van der Waals surface area (Å²) in [5, 5.41) is 22.1. The van der Waals surface area contributed by atoms with Crippen LogP contribution in [0.4, 0.5) is 18.9 Å². The van der Waals surface area contributed by atoms with Crippen LogP contribution in [0.15, 0.2) is 36.8 Å². The number of aromatic nitrogens is 4. The van der Waals surface area contributed by atoms with E-state index >= 15 is 0 Å². The van der Waals surface area contributed by atoms with Gasteiger partial charge in [-0.2, -0.15) is 18.3 Å². The van der Waals surface area contributed by atoms with Gasteiger partial charge in [-0.05, 0) is 62.4 Å². The van der Waals surface area contributed by atoms with Gasteiger partial charge in [-0.15, -0.1) is 11.3 Å². The van der Waals surface area contributed by atoms with Gasteiger partial charge in [0.05, 0.1) is 44.9 Å². The molecule has 2 atom stereocenters. The second-order valence-electron chi connectivity index (χ2n) is 10.7. The zero-order valence-electron chi connectivity index (χ0n) is 23.1. The second-order valence-corrected chi connectivity index (χ2v) is 11.8. The molecule has 4 aromatic rings. The van der Waals surface area contributed by atoms with Crippen molar-refractivity contribution in [3.8, 4) is 0 Å². The summed E-state index contributed by atoms with van der Waals surface area (Å²) >= 11 is 1.78. The highest BCUT2D eigenvalue weighted by Gasteiger charge is 2.38. The van der Waals surface area contributed by atoms with Gasteiger partial charge >= 0.3 is 24.0 Å². The molecule has 2 fully saturated rings. The van der Waals surface area contributed by atoms with Gasteiger partial charge in [0.25, 0.3) is 0 Å². The van der Waals surface area contributed by atoms with E-state index in [0.717, 1.165) is 55.2 Å². The molecule has 0 bridgehead atoms. The highest BCUT2D eigenvalue weighted by Crippen LogP contribution is 2.37. The van der Waals surface area contributed by atoms with E-state index in [9.17, 15) is 22.8 Å². The number of alkyl halides is 3. The maximum absolute atomic E-state index is 13.4. The Bertz CT molecular complexity index is 1630. The van der Waals surface area contributed by atoms with E-state index < -0.39 is 24.0 Å². The number of aromatic amines is 1. The number of amides is 2. The molecule has 0 spiro atoms. The number of nitrogens with zero attached hydrogens (tertiary/aromatic N) is 4. The van der Waals surface area contributed by atoms with Gasteiger partial charge in [0.15, 0.2) is 0 Å². The molecule has 5 heterocycles. The fourth-order valence-corrected chi connectivity index (χ4v) is 6.52. The number of halogens is 3. The quantitative estimate of drug-likeness (QED) is 0.243. The molecule has 0 unspecified atom stereocenters. The predicted molar refractivity (Wildman–Crippen MR) is 154 cm³/mol. The monoisotopic (exact) mass is 617 g/mol. The summed E-state index contributed by atoms with van der Waals surface area (Å²) < 4.78 is 32.9. The number of carboxylic acids is 1. The smallest absolute Gasteiger partial charge is 0.475 e. The number of pyridine rings is 1. The largest absolute Gasteiger partial charge is 0.490 e. The Balaban J connectivity index is 0.000000472. The fourth-order valence-electron chi connectivity index (χ4n) is 5.40. The average Bonchev–Trinajstić information content (AvgIpc) is 3.64. The third-order valence-corrected chi connectivity index (χ3v) is 8.82. The molecule has 3 aromatic heterocycles. The van der Waals surface area contributed by atoms with E-state index in [2.05, 4.69) is 50.9 Å². The van der Waals surface area contributed by atoms with Crippen LogP contribution in [0.3, 0.4) is 0 Å². The molecule has 2 aliphatic rings. The molecule has 2 aliphatic heterocycles. The molecular weight excluding hydrogens is 587 g/mol. The van der Waals surface area contributed by atoms with Gasteiger partial charge in [-0.3, -0.25) is 19.7 Å². The Morgan fingerprint density at radius 2 is 1.84 bits per heavy atom. The third-order valence-electron chi connectivity index (χ3n) is 7.62. The van der Waals surface area contributed by atoms with Crippen molar-refractivity contribution >= 4 is 55.9 Å². The summed E-state index contributed by atoms with van der Waals surface area (Å²) in [7, 11) is 0. The lowest BCUT2D eigenvalue weighted by Gasteiger charge is -2.38. The molecule has 11 nitrogen and oxygen atoms in total. The molecule has 0 aliphatic carbocycles. The van der Waals surface area contributed by atoms with Crippen molar-refractivity contribution in [3.05, 3.63) is 47.4 Å². The summed E-state index contributed by atoms with van der Waals surface area (Å²) in [6.07, 6.45) is 3.78. The van der Waals surface area contributed by atoms with E-state index in [1.807, 2.05) is 0 Å². The molecule has 1 aromatic carbocycles. The van der Waals surface area contributed by atoms with Crippen LogP contribution in [0, 0.1) is 5.92 Å². The van der Waals surface area contributed by atoms with Gasteiger partial charge < -0.3 is 20.6 Å². The first-order chi connectivity index (χ1) is 20.5. The third kappa shape index (κ3) is 6.94. The van der Waals surface area contributed by atoms with E-state index in [1.54, 1.807) is 28.6 Å². The van der Waals surface area contributed by atoms with Crippen LogP contribution >= 0.6 is 11.3 Å².